The van der Waals surface area contributed by atoms with Gasteiger partial charge in [-0.05, 0) is 24.3 Å². The topological polar surface area (TPSA) is 264 Å². The summed E-state index contributed by atoms with van der Waals surface area (Å²) in [5.74, 6) is -1.56. The first-order valence-electron chi connectivity index (χ1n) is 9.20. The fourth-order valence-corrected chi connectivity index (χ4v) is 3.19. The minimum absolute atomic E-state index is 0.245. The molecule has 0 saturated heterocycles. The highest BCUT2D eigenvalue weighted by molar-refractivity contribution is 7.85. The minimum atomic E-state index is -4.96. The Kier molecular flexibility index (Phi) is 6.74. The number of nitro benzene ring substituents is 2. The molecule has 3 aromatic carbocycles. The number of hydrogen-bond acceptors (Lipinski definition) is 14. The molecule has 0 radical (unpaired) electrons. The summed E-state index contributed by atoms with van der Waals surface area (Å²) in [6.45, 7) is 0. The lowest BCUT2D eigenvalue weighted by molar-refractivity contribution is -0.386. The molecule has 0 unspecified atom stereocenters. The molecule has 0 amide bonds. The fourth-order valence-electron chi connectivity index (χ4n) is 2.67. The van der Waals surface area contributed by atoms with Crippen molar-refractivity contribution in [1.29, 1.82) is 0 Å². The van der Waals surface area contributed by atoms with Crippen molar-refractivity contribution < 1.29 is 33.0 Å². The van der Waals surface area contributed by atoms with Crippen LogP contribution in [0.25, 0.3) is 0 Å². The summed E-state index contributed by atoms with van der Waals surface area (Å²) in [7, 11) is -4.96. The number of anilines is 2. The van der Waals surface area contributed by atoms with Gasteiger partial charge in [0.05, 0.1) is 9.85 Å². The monoisotopic (exact) mass is 520 g/mol. The van der Waals surface area contributed by atoms with Crippen molar-refractivity contribution in [1.82, 2.24) is 0 Å². The molecule has 3 rings (SSSR count). The molecule has 0 heterocycles. The van der Waals surface area contributed by atoms with Crippen molar-refractivity contribution in [2.75, 3.05) is 10.9 Å². The van der Waals surface area contributed by atoms with Gasteiger partial charge in [-0.3, -0.25) is 45.2 Å². The summed E-state index contributed by atoms with van der Waals surface area (Å²) >= 11 is 0. The van der Waals surface area contributed by atoms with Gasteiger partial charge in [-0.25, -0.2) is 0 Å². The maximum absolute atomic E-state index is 12.6. The third kappa shape index (κ3) is 5.29. The lowest BCUT2D eigenvalue weighted by atomic mass is 10.2. The first-order valence-corrected chi connectivity index (χ1v) is 10.6. The quantitative estimate of drug-likeness (QED) is 0.115. The van der Waals surface area contributed by atoms with Gasteiger partial charge in [-0.1, -0.05) is 0 Å². The Bertz CT molecular complexity index is 1740. The second kappa shape index (κ2) is 9.56. The zero-order chi connectivity index (χ0) is 26.8. The molecule has 0 aliphatic rings. The van der Waals surface area contributed by atoms with E-state index < -0.39 is 75.0 Å². The van der Waals surface area contributed by atoms with Crippen LogP contribution < -0.4 is 32.4 Å². The Labute approximate surface area is 197 Å². The van der Waals surface area contributed by atoms with Crippen LogP contribution in [0.3, 0.4) is 0 Å². The first-order chi connectivity index (χ1) is 16.8. The van der Waals surface area contributed by atoms with E-state index in [0.717, 1.165) is 30.3 Å². The van der Waals surface area contributed by atoms with E-state index in [-0.39, 0.29) is 5.69 Å². The summed E-state index contributed by atoms with van der Waals surface area (Å²) in [6, 6.07) is 5.71. The van der Waals surface area contributed by atoms with Crippen LogP contribution in [0.4, 0.5) is 22.7 Å². The molecule has 0 atom stereocenters. The molecule has 3 aromatic rings. The smallest absolute Gasteiger partial charge is 0.314 e. The van der Waals surface area contributed by atoms with Crippen molar-refractivity contribution in [3.63, 3.8) is 0 Å². The van der Waals surface area contributed by atoms with Crippen LogP contribution in [-0.4, -0.2) is 33.0 Å². The lowest BCUT2D eigenvalue weighted by Gasteiger charge is -2.06. The summed E-state index contributed by atoms with van der Waals surface area (Å²) < 4.78 is 32.0. The lowest BCUT2D eigenvalue weighted by Crippen LogP contribution is -2.47. The Hall–Kier alpha value is -5.23. The summed E-state index contributed by atoms with van der Waals surface area (Å²) in [4.78, 5) is 43.9. The molecule has 5 N–H and O–H groups in total. The zero-order valence-corrected chi connectivity index (χ0v) is 18.2. The average molecular weight is 520 g/mol. The molecule has 0 aromatic heterocycles. The highest BCUT2D eigenvalue weighted by Crippen LogP contribution is 2.36. The molecule has 0 spiro atoms. The SMILES string of the molecule is O=c1cc/c(=N\Nc2cc([N+](=O)[O-])ccc2O)c(=O)c1=NNc1cc(S(=O)(=O)O)cc([N+](=O)[O-])c1O. The molecular weight excluding hydrogens is 508 g/mol. The summed E-state index contributed by atoms with van der Waals surface area (Å²) in [5.41, 5.74) is -0.394. The fraction of sp³-hybridized carbons (Fsp3) is 0. The van der Waals surface area contributed by atoms with Gasteiger partial charge in [0.15, 0.2) is 5.36 Å². The maximum atomic E-state index is 12.6. The Morgan fingerprint density at radius 2 is 1.53 bits per heavy atom. The molecule has 0 saturated carbocycles. The van der Waals surface area contributed by atoms with Crippen molar-refractivity contribution in [2.24, 2.45) is 10.2 Å². The van der Waals surface area contributed by atoms with Crippen LogP contribution in [0.15, 0.2) is 67.2 Å². The van der Waals surface area contributed by atoms with Crippen LogP contribution >= 0.6 is 0 Å². The van der Waals surface area contributed by atoms with Crippen LogP contribution in [0.2, 0.25) is 0 Å². The summed E-state index contributed by atoms with van der Waals surface area (Å²) in [5, 5.41) is 47.6. The van der Waals surface area contributed by atoms with Gasteiger partial charge in [0.2, 0.25) is 16.6 Å². The molecule has 186 valence electrons. The second-order valence-corrected chi connectivity index (χ2v) is 8.16. The van der Waals surface area contributed by atoms with Crippen molar-refractivity contribution >= 4 is 32.9 Å². The van der Waals surface area contributed by atoms with Crippen LogP contribution in [0, 0.1) is 20.2 Å². The van der Waals surface area contributed by atoms with E-state index in [1.807, 2.05) is 5.43 Å². The second-order valence-electron chi connectivity index (χ2n) is 6.74. The Morgan fingerprint density at radius 3 is 2.14 bits per heavy atom. The number of rotatable bonds is 7. The number of nitro groups is 2. The summed E-state index contributed by atoms with van der Waals surface area (Å²) in [6.07, 6.45) is 0. The van der Waals surface area contributed by atoms with Crippen molar-refractivity contribution in [3.8, 4) is 11.5 Å². The third-order valence-corrected chi connectivity index (χ3v) is 5.24. The van der Waals surface area contributed by atoms with E-state index in [1.165, 1.54) is 0 Å². The highest BCUT2D eigenvalue weighted by Gasteiger charge is 2.24. The van der Waals surface area contributed by atoms with Gasteiger partial charge in [0.1, 0.15) is 27.4 Å². The molecular formula is C18H12N6O11S. The van der Waals surface area contributed by atoms with Crippen molar-refractivity contribution in [3.05, 3.63) is 93.9 Å². The van der Waals surface area contributed by atoms with E-state index in [2.05, 4.69) is 15.6 Å². The molecule has 0 bridgehead atoms. The van der Waals surface area contributed by atoms with E-state index in [4.69, 9.17) is 0 Å². The van der Waals surface area contributed by atoms with Gasteiger partial charge in [0, 0.05) is 18.2 Å². The minimum Gasteiger partial charge on any atom is -0.506 e. The predicted octanol–water partition coefficient (Wildman–Crippen LogP) is -0.387. The maximum Gasteiger partial charge on any atom is 0.314 e. The molecule has 18 heteroatoms. The molecule has 17 nitrogen and oxygen atoms in total. The first kappa shape index (κ1) is 25.4. The predicted molar refractivity (Wildman–Crippen MR) is 119 cm³/mol. The number of hydrogen-bond donors (Lipinski definition) is 5. The number of nitrogens with one attached hydrogen (secondary N) is 2. The van der Waals surface area contributed by atoms with E-state index >= 15 is 0 Å². The van der Waals surface area contributed by atoms with Gasteiger partial charge in [0.25, 0.3) is 15.8 Å². The number of aromatic hydroxyl groups is 2. The normalized spacial score (nSPS) is 12.4. The van der Waals surface area contributed by atoms with Crippen molar-refractivity contribution in [2.45, 2.75) is 4.90 Å². The molecule has 0 fully saturated rings. The van der Waals surface area contributed by atoms with Crippen LogP contribution in [0.5, 0.6) is 11.5 Å². The number of nitrogens with zero attached hydrogens (tertiary/aromatic N) is 4. The number of phenolic OH excluding ortho intramolecular Hbond substituents is 2. The molecule has 0 aliphatic carbocycles. The van der Waals surface area contributed by atoms with Gasteiger partial charge in [-0.15, -0.1) is 0 Å². The van der Waals surface area contributed by atoms with E-state index in [0.29, 0.717) is 12.1 Å². The van der Waals surface area contributed by atoms with E-state index in [1.54, 1.807) is 0 Å². The highest BCUT2D eigenvalue weighted by atomic mass is 32.2. The Balaban J connectivity index is 2.08. The van der Waals surface area contributed by atoms with Gasteiger partial charge in [-0.2, -0.15) is 18.6 Å². The third-order valence-electron chi connectivity index (χ3n) is 4.41. The standard InChI is InChI=1S/C18H12N6O11S/c25-14-3-1-8(23(29)30)5-11(14)20-19-10-2-4-15(26)16(18(10)28)22-21-12-6-9(36(33,34)35)7-13(17(12)27)24(31)32/h1-7,20-21,25,27H,(H,33,34,35)/b19-10+,22-16?. The van der Waals surface area contributed by atoms with Gasteiger partial charge >= 0.3 is 5.69 Å². The molecule has 0 aliphatic heterocycles. The average Bonchev–Trinajstić information content (AvgIpc) is 2.79. The number of benzene rings is 3. The van der Waals surface area contributed by atoms with Crippen LogP contribution in [0.1, 0.15) is 0 Å². The largest absolute Gasteiger partial charge is 0.506 e. The van der Waals surface area contributed by atoms with E-state index in [9.17, 15) is 53.0 Å². The Morgan fingerprint density at radius 1 is 0.861 bits per heavy atom. The number of phenols is 2. The zero-order valence-electron chi connectivity index (χ0n) is 17.3. The number of non-ortho nitro benzene ring substituents is 1. The molecule has 36 heavy (non-hydrogen) atoms. The van der Waals surface area contributed by atoms with Gasteiger partial charge < -0.3 is 10.2 Å². The van der Waals surface area contributed by atoms with Crippen LogP contribution in [-0.2, 0) is 10.1 Å².